The van der Waals surface area contributed by atoms with Crippen molar-refractivity contribution in [1.82, 2.24) is 30.7 Å². The standard InChI is InChI=1S/C57H77N9O10/c1-9-15-50(67)59-26-27-60-52(37(3)4)54(69)62-45(18-13-14-25-58)53(68)61-41-21-19-38(20-22-41)36-74-56(71)64(7)28-29-65(8)57(72)76-48-34-46-51(44-17-12-11-16-43(44)48)39(10-2)35-66(46)55(70)49-33-40-32-42(23-24-47(40)75-49)73-31-30-63(5)6/h11-12,16-17,19-24,32-34,37,39,45,52,60H,9-10,13-15,18,25-31,35-36,58H2,1-8H3,(H,59,67)(H,61,68)(H,62,69)/t39-,45?,52+/m1/s1. The van der Waals surface area contributed by atoms with E-state index >= 15 is 0 Å². The van der Waals surface area contributed by atoms with Crippen LogP contribution in [0.3, 0.4) is 0 Å². The van der Waals surface area contributed by atoms with E-state index in [1.54, 1.807) is 61.5 Å². The van der Waals surface area contributed by atoms with Crippen molar-refractivity contribution in [2.45, 2.75) is 90.8 Å². The smallest absolute Gasteiger partial charge is 0.415 e. The number of furan rings is 1. The Morgan fingerprint density at radius 1 is 0.829 bits per heavy atom. The van der Waals surface area contributed by atoms with Gasteiger partial charge in [-0.1, -0.05) is 64.1 Å². The maximum absolute atomic E-state index is 14.3. The maximum atomic E-state index is 14.3. The fourth-order valence-corrected chi connectivity index (χ4v) is 8.94. The first-order valence-electron chi connectivity index (χ1n) is 26.4. The molecule has 1 aliphatic heterocycles. The van der Waals surface area contributed by atoms with Crippen LogP contribution in [0.2, 0.25) is 0 Å². The van der Waals surface area contributed by atoms with E-state index < -0.39 is 24.3 Å². The summed E-state index contributed by atoms with van der Waals surface area (Å²) in [6.45, 7) is 11.0. The van der Waals surface area contributed by atoms with Crippen LogP contribution in [0.25, 0.3) is 21.7 Å². The van der Waals surface area contributed by atoms with Crippen molar-refractivity contribution >= 4 is 68.9 Å². The molecule has 410 valence electrons. The number of hydrogen-bond donors (Lipinski definition) is 5. The van der Waals surface area contributed by atoms with E-state index in [1.807, 2.05) is 76.2 Å². The summed E-state index contributed by atoms with van der Waals surface area (Å²) in [5.74, 6) is 0.0816. The van der Waals surface area contributed by atoms with Gasteiger partial charge in [0, 0.05) is 88.2 Å². The van der Waals surface area contributed by atoms with E-state index in [0.29, 0.717) is 92.5 Å². The summed E-state index contributed by atoms with van der Waals surface area (Å²) in [6.07, 6.45) is 2.43. The molecule has 0 bridgehead atoms. The van der Waals surface area contributed by atoms with Crippen LogP contribution < -0.4 is 41.4 Å². The molecule has 1 unspecified atom stereocenters. The fraction of sp³-hybridized carbons (Fsp3) is 0.474. The lowest BCUT2D eigenvalue weighted by molar-refractivity contribution is -0.128. The summed E-state index contributed by atoms with van der Waals surface area (Å²) in [5, 5.41) is 14.2. The summed E-state index contributed by atoms with van der Waals surface area (Å²) in [5.41, 5.74) is 9.11. The van der Waals surface area contributed by atoms with E-state index in [9.17, 15) is 28.8 Å². The summed E-state index contributed by atoms with van der Waals surface area (Å²) in [6, 6.07) is 22.1. The van der Waals surface area contributed by atoms with Crippen LogP contribution in [0.15, 0.2) is 83.3 Å². The van der Waals surface area contributed by atoms with Gasteiger partial charge >= 0.3 is 12.2 Å². The van der Waals surface area contributed by atoms with E-state index in [0.717, 1.165) is 41.1 Å². The molecule has 0 aliphatic carbocycles. The van der Waals surface area contributed by atoms with E-state index in [2.05, 4.69) is 28.2 Å². The zero-order valence-electron chi connectivity index (χ0n) is 45.4. The number of carbonyl (C=O) groups is 6. The van der Waals surface area contributed by atoms with Gasteiger partial charge in [0.05, 0.1) is 11.7 Å². The van der Waals surface area contributed by atoms with Crippen molar-refractivity contribution in [3.63, 3.8) is 0 Å². The van der Waals surface area contributed by atoms with Gasteiger partial charge in [-0.15, -0.1) is 0 Å². The average molecular weight is 1050 g/mol. The topological polar surface area (TPSA) is 230 Å². The Balaban J connectivity index is 1.01. The summed E-state index contributed by atoms with van der Waals surface area (Å²) >= 11 is 0. The molecule has 4 aromatic carbocycles. The molecule has 1 aliphatic rings. The first-order valence-corrected chi connectivity index (χ1v) is 26.4. The number of nitrogens with two attached hydrogens (primary N) is 1. The highest BCUT2D eigenvalue weighted by atomic mass is 16.6. The van der Waals surface area contributed by atoms with Crippen molar-refractivity contribution in [2.24, 2.45) is 11.7 Å². The fourth-order valence-electron chi connectivity index (χ4n) is 8.94. The first-order chi connectivity index (χ1) is 36.5. The number of nitrogens with one attached hydrogen (secondary N) is 4. The molecule has 0 radical (unpaired) electrons. The number of rotatable bonds is 27. The molecular weight excluding hydrogens is 971 g/mol. The SMILES string of the molecule is CCCC(=O)NCCN[C@H](C(=O)NC(CCCCN)C(=O)Nc1ccc(COC(=O)N(C)CCN(C)C(=O)Oc2cc3c(c4ccccc24)[C@H](CC)CN3C(=O)c2cc3cc(OCCN(C)C)ccc3o2)cc1)C(C)C. The van der Waals surface area contributed by atoms with Gasteiger partial charge in [0.25, 0.3) is 5.91 Å². The van der Waals surface area contributed by atoms with E-state index in [1.165, 1.54) is 9.80 Å². The van der Waals surface area contributed by atoms with Crippen LogP contribution in [0.4, 0.5) is 21.0 Å². The van der Waals surface area contributed by atoms with Crippen molar-refractivity contribution in [3.05, 3.63) is 95.7 Å². The molecule has 6 rings (SSSR count). The highest BCUT2D eigenvalue weighted by molar-refractivity contribution is 6.10. The Hall–Kier alpha value is -7.22. The second-order valence-corrected chi connectivity index (χ2v) is 19.9. The molecule has 19 heteroatoms. The minimum absolute atomic E-state index is 0.0355. The van der Waals surface area contributed by atoms with E-state index in [-0.39, 0.29) is 60.9 Å². The Kier molecular flexibility index (Phi) is 21.4. The number of unbranched alkanes of at least 4 members (excludes halogenated alkanes) is 1. The monoisotopic (exact) mass is 1050 g/mol. The Labute approximate surface area is 446 Å². The van der Waals surface area contributed by atoms with Crippen LogP contribution in [0.1, 0.15) is 93.8 Å². The molecule has 2 heterocycles. The van der Waals surface area contributed by atoms with Gasteiger partial charge in [-0.05, 0) is 112 Å². The highest BCUT2D eigenvalue weighted by Gasteiger charge is 2.36. The van der Waals surface area contributed by atoms with E-state index in [4.69, 9.17) is 24.4 Å². The van der Waals surface area contributed by atoms with Gasteiger partial charge in [0.2, 0.25) is 17.7 Å². The zero-order valence-corrected chi connectivity index (χ0v) is 45.4. The second-order valence-electron chi connectivity index (χ2n) is 19.9. The highest BCUT2D eigenvalue weighted by Crippen LogP contribution is 2.47. The number of hydrogen-bond acceptors (Lipinski definition) is 13. The third-order valence-corrected chi connectivity index (χ3v) is 13.4. The molecule has 0 spiro atoms. The number of amides is 6. The maximum Gasteiger partial charge on any atom is 0.415 e. The molecule has 76 heavy (non-hydrogen) atoms. The third kappa shape index (κ3) is 15.7. The quantitative estimate of drug-likeness (QED) is 0.0322. The molecule has 19 nitrogen and oxygen atoms in total. The van der Waals surface area contributed by atoms with Gasteiger partial charge in [0.1, 0.15) is 36.3 Å². The number of carbonyl (C=O) groups excluding carboxylic acids is 6. The van der Waals surface area contributed by atoms with Crippen molar-refractivity contribution < 1.29 is 47.4 Å². The number of ether oxygens (including phenoxy) is 3. The number of nitrogens with zero attached hydrogens (tertiary/aromatic N) is 4. The first kappa shape index (κ1) is 58.0. The third-order valence-electron chi connectivity index (χ3n) is 13.4. The predicted molar refractivity (Wildman–Crippen MR) is 295 cm³/mol. The Morgan fingerprint density at radius 3 is 2.24 bits per heavy atom. The van der Waals surface area contributed by atoms with Crippen molar-refractivity contribution in [1.29, 1.82) is 0 Å². The predicted octanol–water partition coefficient (Wildman–Crippen LogP) is 7.46. The molecule has 3 atom stereocenters. The molecular formula is C57H77N9O10. The average Bonchev–Trinajstić information content (AvgIpc) is 4.02. The Bertz CT molecular complexity index is 2780. The lowest BCUT2D eigenvalue weighted by Gasteiger charge is -2.25. The van der Waals surface area contributed by atoms with Gasteiger partial charge in [-0.3, -0.25) is 19.2 Å². The van der Waals surface area contributed by atoms with Gasteiger partial charge in [0.15, 0.2) is 5.76 Å². The largest absolute Gasteiger partial charge is 0.492 e. The van der Waals surface area contributed by atoms with Crippen LogP contribution >= 0.6 is 0 Å². The summed E-state index contributed by atoms with van der Waals surface area (Å²) < 4.78 is 23.7. The molecule has 1 aromatic heterocycles. The normalized spacial score (nSPS) is 13.8. The lowest BCUT2D eigenvalue weighted by atomic mass is 9.93. The molecule has 0 fully saturated rings. The molecule has 0 saturated carbocycles. The number of fused-ring (bicyclic) bond motifs is 4. The summed E-state index contributed by atoms with van der Waals surface area (Å²) in [4.78, 5) is 86.4. The molecule has 6 N–H and O–H groups in total. The van der Waals surface area contributed by atoms with Gasteiger partial charge in [-0.25, -0.2) is 9.59 Å². The zero-order chi connectivity index (χ0) is 54.9. The summed E-state index contributed by atoms with van der Waals surface area (Å²) in [7, 11) is 7.11. The lowest BCUT2D eigenvalue weighted by Crippen LogP contribution is -2.54. The number of benzene rings is 4. The van der Waals surface area contributed by atoms with Crippen molar-refractivity contribution in [3.8, 4) is 11.5 Å². The molecule has 6 amide bonds. The van der Waals surface area contributed by atoms with Gasteiger partial charge < -0.3 is 65.2 Å². The minimum Gasteiger partial charge on any atom is -0.492 e. The van der Waals surface area contributed by atoms with Crippen LogP contribution in [-0.4, -0.2) is 143 Å². The molecule has 0 saturated heterocycles. The number of anilines is 2. The van der Waals surface area contributed by atoms with Gasteiger partial charge in [-0.2, -0.15) is 0 Å². The Morgan fingerprint density at radius 2 is 1.55 bits per heavy atom. The van der Waals surface area contributed by atoms with Crippen molar-refractivity contribution in [2.75, 3.05) is 90.8 Å². The van der Waals surface area contributed by atoms with Crippen LogP contribution in [0, 0.1) is 5.92 Å². The minimum atomic E-state index is -0.816. The number of likely N-dealkylation sites (N-methyl/N-ethyl adjacent to an activating group) is 3. The van der Waals surface area contributed by atoms with Crippen LogP contribution in [-0.2, 0) is 25.7 Å². The van der Waals surface area contributed by atoms with Crippen LogP contribution in [0.5, 0.6) is 11.5 Å². The molecule has 5 aromatic rings. The second kappa shape index (κ2) is 28.1.